The summed E-state index contributed by atoms with van der Waals surface area (Å²) in [6, 6.07) is 0.680. The molecule has 0 spiro atoms. The highest BCUT2D eigenvalue weighted by Gasteiger charge is 2.32. The van der Waals surface area contributed by atoms with Crippen LogP contribution in [0.25, 0.3) is 0 Å². The van der Waals surface area contributed by atoms with Crippen molar-refractivity contribution in [2.45, 2.75) is 64.5 Å². The van der Waals surface area contributed by atoms with Gasteiger partial charge in [0.1, 0.15) is 0 Å². The summed E-state index contributed by atoms with van der Waals surface area (Å²) in [6.45, 7) is 9.01. The van der Waals surface area contributed by atoms with E-state index in [4.69, 9.17) is 4.74 Å². The average molecular weight is 225 g/mol. The first-order valence-electron chi connectivity index (χ1n) is 7.00. The van der Waals surface area contributed by atoms with Crippen LogP contribution in [0.4, 0.5) is 0 Å². The van der Waals surface area contributed by atoms with E-state index >= 15 is 0 Å². The Kier molecular flexibility index (Phi) is 3.91. The number of hydrogen-bond acceptors (Lipinski definition) is 2. The molecule has 2 heteroatoms. The smallest absolute Gasteiger partial charge is 0.0666 e. The Morgan fingerprint density at radius 1 is 1.38 bits per heavy atom. The lowest BCUT2D eigenvalue weighted by atomic mass is 9.89. The Hall–Kier alpha value is -0.0800. The average Bonchev–Trinajstić information content (AvgIpc) is 3.10. The van der Waals surface area contributed by atoms with Crippen LogP contribution in [0, 0.1) is 11.8 Å². The molecular formula is C14H27NO. The van der Waals surface area contributed by atoms with Gasteiger partial charge in [0, 0.05) is 12.6 Å². The molecular weight excluding hydrogens is 198 g/mol. The van der Waals surface area contributed by atoms with Gasteiger partial charge in [-0.05, 0) is 57.4 Å². The van der Waals surface area contributed by atoms with Gasteiger partial charge in [-0.15, -0.1) is 0 Å². The topological polar surface area (TPSA) is 21.3 Å². The maximum absolute atomic E-state index is 5.87. The Bertz CT molecular complexity index is 227. The second-order valence-corrected chi connectivity index (χ2v) is 6.06. The highest BCUT2D eigenvalue weighted by Crippen LogP contribution is 2.36. The molecule has 0 radical (unpaired) electrons. The van der Waals surface area contributed by atoms with E-state index in [-0.39, 0.29) is 5.60 Å². The van der Waals surface area contributed by atoms with Crippen LogP contribution in [-0.4, -0.2) is 24.8 Å². The van der Waals surface area contributed by atoms with Crippen molar-refractivity contribution in [1.82, 2.24) is 5.32 Å². The van der Waals surface area contributed by atoms with Crippen LogP contribution in [0.5, 0.6) is 0 Å². The zero-order chi connectivity index (χ0) is 11.6. The van der Waals surface area contributed by atoms with Gasteiger partial charge < -0.3 is 10.1 Å². The lowest BCUT2D eigenvalue weighted by Crippen LogP contribution is -2.46. The Morgan fingerprint density at radius 2 is 2.12 bits per heavy atom. The number of rotatable bonds is 5. The van der Waals surface area contributed by atoms with Gasteiger partial charge in [-0.3, -0.25) is 0 Å². The molecule has 1 saturated carbocycles. The normalized spacial score (nSPS) is 37.3. The summed E-state index contributed by atoms with van der Waals surface area (Å²) < 4.78 is 5.87. The second kappa shape index (κ2) is 5.05. The zero-order valence-electron chi connectivity index (χ0n) is 11.1. The summed E-state index contributed by atoms with van der Waals surface area (Å²) in [6.07, 6.45) is 6.42. The maximum Gasteiger partial charge on any atom is 0.0666 e. The van der Waals surface area contributed by atoms with E-state index in [2.05, 4.69) is 26.1 Å². The summed E-state index contributed by atoms with van der Waals surface area (Å²) >= 11 is 0. The van der Waals surface area contributed by atoms with Gasteiger partial charge >= 0.3 is 0 Å². The third kappa shape index (κ3) is 3.21. The molecule has 3 atom stereocenters. The van der Waals surface area contributed by atoms with Gasteiger partial charge in [0.25, 0.3) is 0 Å². The molecule has 0 aromatic carbocycles. The number of nitrogens with one attached hydrogen (secondary N) is 1. The SMILES string of the molecule is CCC1(C)CC(NCC(C)C2CC2)CCO1. The molecule has 94 valence electrons. The van der Waals surface area contributed by atoms with E-state index in [0.29, 0.717) is 6.04 Å². The van der Waals surface area contributed by atoms with Crippen molar-refractivity contribution in [2.75, 3.05) is 13.2 Å². The van der Waals surface area contributed by atoms with E-state index in [1.807, 2.05) is 0 Å². The number of hydrogen-bond donors (Lipinski definition) is 1. The van der Waals surface area contributed by atoms with E-state index in [1.165, 1.54) is 32.2 Å². The fraction of sp³-hybridized carbons (Fsp3) is 1.00. The minimum atomic E-state index is 0.124. The molecule has 0 aromatic heterocycles. The Morgan fingerprint density at radius 3 is 2.75 bits per heavy atom. The van der Waals surface area contributed by atoms with Crippen LogP contribution < -0.4 is 5.32 Å². The van der Waals surface area contributed by atoms with Crippen LogP contribution in [-0.2, 0) is 4.74 Å². The number of ether oxygens (including phenoxy) is 1. The minimum absolute atomic E-state index is 0.124. The first-order chi connectivity index (χ1) is 7.63. The molecule has 1 aliphatic heterocycles. The van der Waals surface area contributed by atoms with Crippen molar-refractivity contribution in [1.29, 1.82) is 0 Å². The first kappa shape index (κ1) is 12.4. The third-order valence-electron chi connectivity index (χ3n) is 4.50. The molecule has 0 bridgehead atoms. The summed E-state index contributed by atoms with van der Waals surface area (Å²) in [5.74, 6) is 1.89. The first-order valence-corrected chi connectivity index (χ1v) is 7.00. The predicted molar refractivity (Wildman–Crippen MR) is 67.6 cm³/mol. The second-order valence-electron chi connectivity index (χ2n) is 6.06. The van der Waals surface area contributed by atoms with Crippen molar-refractivity contribution in [3.63, 3.8) is 0 Å². The summed E-state index contributed by atoms with van der Waals surface area (Å²) in [5, 5.41) is 3.75. The van der Waals surface area contributed by atoms with Crippen molar-refractivity contribution in [3.8, 4) is 0 Å². The van der Waals surface area contributed by atoms with Gasteiger partial charge in [0.05, 0.1) is 5.60 Å². The quantitative estimate of drug-likeness (QED) is 0.776. The summed E-state index contributed by atoms with van der Waals surface area (Å²) in [4.78, 5) is 0. The molecule has 1 heterocycles. The largest absolute Gasteiger partial charge is 0.375 e. The van der Waals surface area contributed by atoms with Crippen molar-refractivity contribution in [3.05, 3.63) is 0 Å². The molecule has 1 saturated heterocycles. The fourth-order valence-corrected chi connectivity index (χ4v) is 2.73. The van der Waals surface area contributed by atoms with Crippen molar-refractivity contribution < 1.29 is 4.74 Å². The predicted octanol–water partition coefficient (Wildman–Crippen LogP) is 2.97. The standard InChI is InChI=1S/C14H27NO/c1-4-14(3)9-13(7-8-16-14)15-10-11(2)12-5-6-12/h11-13,15H,4-10H2,1-3H3. The van der Waals surface area contributed by atoms with Gasteiger partial charge in [0.15, 0.2) is 0 Å². The molecule has 0 aromatic rings. The Labute approximate surface area is 100 Å². The molecule has 2 fully saturated rings. The van der Waals surface area contributed by atoms with Gasteiger partial charge in [0.2, 0.25) is 0 Å². The van der Waals surface area contributed by atoms with Crippen LogP contribution in [0.1, 0.15) is 52.9 Å². The molecule has 2 nitrogen and oxygen atoms in total. The molecule has 2 aliphatic rings. The maximum atomic E-state index is 5.87. The minimum Gasteiger partial charge on any atom is -0.375 e. The van der Waals surface area contributed by atoms with Crippen LogP contribution in [0.3, 0.4) is 0 Å². The fourth-order valence-electron chi connectivity index (χ4n) is 2.73. The third-order valence-corrected chi connectivity index (χ3v) is 4.50. The van der Waals surface area contributed by atoms with E-state index in [1.54, 1.807) is 0 Å². The van der Waals surface area contributed by atoms with Crippen LogP contribution in [0.15, 0.2) is 0 Å². The molecule has 2 rings (SSSR count). The van der Waals surface area contributed by atoms with Crippen LogP contribution in [0.2, 0.25) is 0 Å². The molecule has 16 heavy (non-hydrogen) atoms. The van der Waals surface area contributed by atoms with Crippen molar-refractivity contribution in [2.24, 2.45) is 11.8 Å². The molecule has 3 unspecified atom stereocenters. The monoisotopic (exact) mass is 225 g/mol. The molecule has 1 N–H and O–H groups in total. The summed E-state index contributed by atoms with van der Waals surface area (Å²) in [5.41, 5.74) is 0.124. The van der Waals surface area contributed by atoms with Crippen molar-refractivity contribution >= 4 is 0 Å². The van der Waals surface area contributed by atoms with Gasteiger partial charge in [-0.2, -0.15) is 0 Å². The summed E-state index contributed by atoms with van der Waals surface area (Å²) in [7, 11) is 0. The lowest BCUT2D eigenvalue weighted by molar-refractivity contribution is -0.0782. The lowest BCUT2D eigenvalue weighted by Gasteiger charge is -2.38. The van der Waals surface area contributed by atoms with E-state index in [9.17, 15) is 0 Å². The molecule has 0 amide bonds. The highest BCUT2D eigenvalue weighted by atomic mass is 16.5. The van der Waals surface area contributed by atoms with Gasteiger partial charge in [-0.25, -0.2) is 0 Å². The molecule has 1 aliphatic carbocycles. The zero-order valence-corrected chi connectivity index (χ0v) is 11.1. The van der Waals surface area contributed by atoms with Crippen LogP contribution >= 0.6 is 0 Å². The van der Waals surface area contributed by atoms with E-state index in [0.717, 1.165) is 24.9 Å². The van der Waals surface area contributed by atoms with E-state index < -0.39 is 0 Å². The Balaban J connectivity index is 1.72. The highest BCUT2D eigenvalue weighted by molar-refractivity contribution is 4.87. The van der Waals surface area contributed by atoms with Gasteiger partial charge in [-0.1, -0.05) is 13.8 Å².